The first-order valence-electron chi connectivity index (χ1n) is 18.3. The summed E-state index contributed by atoms with van der Waals surface area (Å²) in [4.78, 5) is 11.9. The normalized spacial score (nSPS) is 48.1. The van der Waals surface area contributed by atoms with Gasteiger partial charge in [-0.25, -0.2) is 0 Å². The number of hydrogen-bond acceptors (Lipinski definition) is 5. The van der Waals surface area contributed by atoms with Gasteiger partial charge < -0.3 is 23.7 Å². The van der Waals surface area contributed by atoms with Crippen LogP contribution in [0, 0.1) is 52.3 Å². The molecule has 3 unspecified atom stereocenters. The topological polar surface area (TPSA) is 54.0 Å². The molecule has 5 heteroatoms. The molecule has 2 aliphatic heterocycles. The Hall–Kier alpha value is -0.490. The minimum absolute atomic E-state index is 0.00279. The third-order valence-corrected chi connectivity index (χ3v) is 14.0. The molecule has 5 nitrogen and oxygen atoms in total. The molecular weight excluding hydrogens is 524 g/mol. The van der Waals surface area contributed by atoms with Gasteiger partial charge in [-0.2, -0.15) is 0 Å². The molecule has 0 bridgehead atoms. The van der Waals surface area contributed by atoms with E-state index in [2.05, 4.69) is 27.7 Å². The van der Waals surface area contributed by atoms with Crippen LogP contribution >= 0.6 is 0 Å². The summed E-state index contributed by atoms with van der Waals surface area (Å²) < 4.78 is 26.3. The van der Waals surface area contributed by atoms with E-state index in [0.717, 1.165) is 63.6 Å². The predicted molar refractivity (Wildman–Crippen MR) is 166 cm³/mol. The van der Waals surface area contributed by atoms with Crippen LogP contribution in [-0.4, -0.2) is 43.8 Å². The minimum atomic E-state index is -0.0334. The second kappa shape index (κ2) is 13.1. The van der Waals surface area contributed by atoms with Gasteiger partial charge >= 0.3 is 0 Å². The van der Waals surface area contributed by atoms with Crippen molar-refractivity contribution in [3.63, 3.8) is 0 Å². The summed E-state index contributed by atoms with van der Waals surface area (Å²) in [6.45, 7) is 13.7. The highest BCUT2D eigenvalue weighted by Crippen LogP contribution is 2.70. The number of Topliss-reactive ketones (excluding diaryl/α,β-unsaturated/α-hetero) is 1. The molecule has 2 saturated heterocycles. The fourth-order valence-corrected chi connectivity index (χ4v) is 11.9. The van der Waals surface area contributed by atoms with Crippen molar-refractivity contribution in [2.45, 2.75) is 162 Å². The van der Waals surface area contributed by atoms with Crippen molar-refractivity contribution >= 4 is 5.78 Å². The zero-order chi connectivity index (χ0) is 29.5. The summed E-state index contributed by atoms with van der Waals surface area (Å²) in [7, 11) is 0. The molecule has 0 spiro atoms. The van der Waals surface area contributed by atoms with Crippen molar-refractivity contribution < 1.29 is 23.7 Å². The van der Waals surface area contributed by atoms with Crippen LogP contribution in [0.5, 0.6) is 0 Å². The van der Waals surface area contributed by atoms with Crippen molar-refractivity contribution in [2.75, 3.05) is 13.2 Å². The fraction of sp³-hybridized carbons (Fsp3) is 0.973. The van der Waals surface area contributed by atoms with Crippen LogP contribution in [0.25, 0.3) is 0 Å². The van der Waals surface area contributed by atoms with Gasteiger partial charge in [-0.15, -0.1) is 0 Å². The summed E-state index contributed by atoms with van der Waals surface area (Å²) in [5.41, 5.74) is 0.706. The van der Waals surface area contributed by atoms with Gasteiger partial charge in [0.05, 0.1) is 12.2 Å². The lowest BCUT2D eigenvalue weighted by Crippen LogP contribution is -2.63. The van der Waals surface area contributed by atoms with Gasteiger partial charge in [-0.3, -0.25) is 0 Å². The average Bonchev–Trinajstić information content (AvgIpc) is 3.35. The maximum Gasteiger partial charge on any atom is 0.157 e. The van der Waals surface area contributed by atoms with Crippen molar-refractivity contribution in [3.8, 4) is 0 Å². The Balaban J connectivity index is 1.28. The predicted octanol–water partition coefficient (Wildman–Crippen LogP) is 8.72. The van der Waals surface area contributed by atoms with Crippen LogP contribution in [0.2, 0.25) is 0 Å². The molecule has 0 aromatic rings. The van der Waals surface area contributed by atoms with Crippen LogP contribution < -0.4 is 0 Å². The Kier molecular flexibility index (Phi) is 9.81. The van der Waals surface area contributed by atoms with Crippen LogP contribution in [0.3, 0.4) is 0 Å². The molecule has 0 N–H and O–H groups in total. The van der Waals surface area contributed by atoms with Gasteiger partial charge in [0.1, 0.15) is 5.78 Å². The zero-order valence-corrected chi connectivity index (χ0v) is 27.6. The molecule has 0 radical (unpaired) electrons. The molecule has 4 saturated carbocycles. The number of hydrogen-bond donors (Lipinski definition) is 0. The summed E-state index contributed by atoms with van der Waals surface area (Å²) in [6.07, 6.45) is 19.4. The fourth-order valence-electron chi connectivity index (χ4n) is 11.9. The smallest absolute Gasteiger partial charge is 0.157 e. The number of ketones is 1. The van der Waals surface area contributed by atoms with E-state index in [0.29, 0.717) is 52.3 Å². The van der Waals surface area contributed by atoms with E-state index in [4.69, 9.17) is 18.9 Å². The lowest BCUT2D eigenvalue weighted by molar-refractivity contribution is -0.278. The average molecular weight is 587 g/mol. The molecule has 4 aliphatic carbocycles. The Bertz CT molecular complexity index is 910. The number of carbonyl (C=O) groups is 1. The highest BCUT2D eigenvalue weighted by atomic mass is 16.7. The van der Waals surface area contributed by atoms with E-state index in [1.165, 1.54) is 64.2 Å². The summed E-state index contributed by atoms with van der Waals surface area (Å²) in [5.74, 6) is 4.92. The highest BCUT2D eigenvalue weighted by Gasteiger charge is 2.65. The van der Waals surface area contributed by atoms with Crippen LogP contribution in [0.4, 0.5) is 0 Å². The zero-order valence-electron chi connectivity index (χ0n) is 27.6. The first-order chi connectivity index (χ1) is 20.2. The summed E-state index contributed by atoms with van der Waals surface area (Å²) >= 11 is 0. The quantitative estimate of drug-likeness (QED) is 0.253. The van der Waals surface area contributed by atoms with E-state index in [1.54, 1.807) is 6.92 Å². The SMILES string of the molecule is CC[C@H]1C(OC2CCCCO2)[C@@H]2[C@H](CC[C@]3(C)[C@@H]([C@H](C)CCC(C)=O)CC[C@@H]23)[C@@]2(C)CC[C@@H](OC3CCCCO3)C[C@@H]12. The Morgan fingerprint density at radius 2 is 1.50 bits per heavy atom. The van der Waals surface area contributed by atoms with Gasteiger partial charge in [0.2, 0.25) is 0 Å². The second-order valence-electron chi connectivity index (χ2n) is 16.1. The van der Waals surface area contributed by atoms with Gasteiger partial charge in [-0.05, 0) is 149 Å². The second-order valence-corrected chi connectivity index (χ2v) is 16.1. The molecule has 13 atom stereocenters. The standard InChI is InChI=1S/C37H62O5/c1-6-27-31-23-26(41-32-11-7-9-21-39-32)17-19-37(31,5)30-18-20-36(4)28(24(2)13-14-25(3)38)15-16-29(36)34(30)35(27)42-33-12-8-10-22-40-33/h24,26-35H,6-23H2,1-5H3/t24-,26-,27-,28-,29+,30+,31+,32?,33?,34+,35?,36-,37-/m1/s1. The van der Waals surface area contributed by atoms with Crippen LogP contribution in [-0.2, 0) is 23.7 Å². The van der Waals surface area contributed by atoms with E-state index >= 15 is 0 Å². The molecule has 6 aliphatic rings. The van der Waals surface area contributed by atoms with Crippen LogP contribution in [0.15, 0.2) is 0 Å². The van der Waals surface area contributed by atoms with Crippen molar-refractivity contribution in [1.82, 2.24) is 0 Å². The molecule has 6 fully saturated rings. The van der Waals surface area contributed by atoms with Crippen LogP contribution in [0.1, 0.15) is 137 Å². The Morgan fingerprint density at radius 1 is 0.833 bits per heavy atom. The third kappa shape index (κ3) is 5.92. The maximum absolute atomic E-state index is 11.9. The highest BCUT2D eigenvalue weighted by molar-refractivity contribution is 5.75. The lowest BCUT2D eigenvalue weighted by Gasteiger charge is -2.66. The molecule has 0 amide bonds. The number of ether oxygens (including phenoxy) is 4. The largest absolute Gasteiger partial charge is 0.353 e. The van der Waals surface area contributed by atoms with Gasteiger partial charge in [-0.1, -0.05) is 34.1 Å². The van der Waals surface area contributed by atoms with E-state index in [-0.39, 0.29) is 18.7 Å². The first kappa shape index (κ1) is 31.5. The number of carbonyl (C=O) groups excluding carboxylic acids is 1. The molecule has 6 rings (SSSR count). The van der Waals surface area contributed by atoms with Gasteiger partial charge in [0.15, 0.2) is 12.6 Å². The van der Waals surface area contributed by atoms with E-state index in [9.17, 15) is 4.79 Å². The Morgan fingerprint density at radius 3 is 2.14 bits per heavy atom. The minimum Gasteiger partial charge on any atom is -0.353 e. The van der Waals surface area contributed by atoms with E-state index < -0.39 is 0 Å². The monoisotopic (exact) mass is 586 g/mol. The summed E-state index contributed by atoms with van der Waals surface area (Å²) in [5, 5.41) is 0. The Labute approximate surface area is 256 Å². The maximum atomic E-state index is 11.9. The summed E-state index contributed by atoms with van der Waals surface area (Å²) in [6, 6.07) is 0. The van der Waals surface area contributed by atoms with Gasteiger partial charge in [0, 0.05) is 19.6 Å². The van der Waals surface area contributed by atoms with Gasteiger partial charge in [0.25, 0.3) is 0 Å². The molecule has 0 aromatic heterocycles. The first-order valence-corrected chi connectivity index (χ1v) is 18.3. The molecule has 2 heterocycles. The lowest BCUT2D eigenvalue weighted by atomic mass is 9.41. The third-order valence-electron chi connectivity index (χ3n) is 14.0. The molecule has 0 aromatic carbocycles. The number of fused-ring (bicyclic) bond motifs is 5. The number of rotatable bonds is 9. The van der Waals surface area contributed by atoms with E-state index in [1.807, 2.05) is 0 Å². The molecular formula is C37H62O5. The molecule has 240 valence electrons. The van der Waals surface area contributed by atoms with Crippen molar-refractivity contribution in [3.05, 3.63) is 0 Å². The van der Waals surface area contributed by atoms with Crippen molar-refractivity contribution in [2.24, 2.45) is 52.3 Å². The molecule has 42 heavy (non-hydrogen) atoms. The van der Waals surface area contributed by atoms with Crippen molar-refractivity contribution in [1.29, 1.82) is 0 Å².